The first-order valence-electron chi connectivity index (χ1n) is 5.40. The van der Waals surface area contributed by atoms with Crippen LogP contribution >= 0.6 is 0 Å². The van der Waals surface area contributed by atoms with E-state index in [2.05, 4.69) is 15.3 Å². The van der Waals surface area contributed by atoms with E-state index < -0.39 is 0 Å². The summed E-state index contributed by atoms with van der Waals surface area (Å²) in [5.41, 5.74) is 1.03. The van der Waals surface area contributed by atoms with E-state index in [9.17, 15) is 0 Å². The minimum atomic E-state index is -0.00653. The quantitative estimate of drug-likeness (QED) is 0.858. The maximum Gasteiger partial charge on any atom is 0.142 e. The van der Waals surface area contributed by atoms with Crippen LogP contribution in [0.2, 0.25) is 0 Å². The molecule has 2 aromatic heterocycles. The highest BCUT2D eigenvalue weighted by Crippen LogP contribution is 2.27. The molecule has 1 N–H and O–H groups in total. The molecule has 5 nitrogen and oxygen atoms in total. The second-order valence-electron chi connectivity index (χ2n) is 3.74. The lowest BCUT2D eigenvalue weighted by Crippen LogP contribution is -2.21. The lowest BCUT2D eigenvalue weighted by atomic mass is 10.1. The van der Waals surface area contributed by atoms with Crippen LogP contribution in [0.1, 0.15) is 17.4 Å². The maximum atomic E-state index is 5.33. The fraction of sp³-hybridized carbons (Fsp3) is 0.333. The Balaban J connectivity index is 2.46. The summed E-state index contributed by atoms with van der Waals surface area (Å²) < 4.78 is 7.31. The number of hydrogen-bond donors (Lipinski definition) is 1. The van der Waals surface area contributed by atoms with Crippen LogP contribution < -0.4 is 10.1 Å². The number of ether oxygens (including phenoxy) is 1. The summed E-state index contributed by atoms with van der Waals surface area (Å²) in [6, 6.07) is 1.93. The first-order valence-corrected chi connectivity index (χ1v) is 5.40. The Labute approximate surface area is 100 Å². The zero-order valence-electron chi connectivity index (χ0n) is 10.2. The first kappa shape index (κ1) is 11.6. The Morgan fingerprint density at radius 2 is 2.24 bits per heavy atom. The molecule has 0 aliphatic heterocycles. The normalized spacial score (nSPS) is 12.4. The molecule has 0 bridgehead atoms. The SMILES string of the molecule is CNC(c1ccncc1OC)c1nccn1C. The molecule has 0 aliphatic carbocycles. The molecular weight excluding hydrogens is 216 g/mol. The van der Waals surface area contributed by atoms with Crippen LogP contribution in [-0.2, 0) is 7.05 Å². The Morgan fingerprint density at radius 3 is 2.82 bits per heavy atom. The molecule has 0 aromatic carbocycles. The standard InChI is InChI=1S/C12H16N4O/c1-13-11(12-15-6-7-16(12)2)9-4-5-14-8-10(9)17-3/h4-8,11,13H,1-3H3. The lowest BCUT2D eigenvalue weighted by Gasteiger charge is -2.18. The molecule has 0 saturated carbocycles. The highest BCUT2D eigenvalue weighted by atomic mass is 16.5. The van der Waals surface area contributed by atoms with Gasteiger partial charge >= 0.3 is 0 Å². The van der Waals surface area contributed by atoms with Gasteiger partial charge in [0.15, 0.2) is 0 Å². The summed E-state index contributed by atoms with van der Waals surface area (Å²) in [5, 5.41) is 3.25. The van der Waals surface area contributed by atoms with Gasteiger partial charge in [0.2, 0.25) is 0 Å². The maximum absolute atomic E-state index is 5.33. The molecule has 5 heteroatoms. The third-order valence-corrected chi connectivity index (χ3v) is 2.75. The molecule has 0 amide bonds. The Morgan fingerprint density at radius 1 is 1.41 bits per heavy atom. The number of aromatic nitrogens is 3. The third-order valence-electron chi connectivity index (χ3n) is 2.75. The molecule has 1 unspecified atom stereocenters. The summed E-state index contributed by atoms with van der Waals surface area (Å²) in [6.45, 7) is 0. The second kappa shape index (κ2) is 4.97. The van der Waals surface area contributed by atoms with Gasteiger partial charge in [0, 0.05) is 31.2 Å². The third kappa shape index (κ3) is 2.14. The van der Waals surface area contributed by atoms with Crippen molar-refractivity contribution in [2.45, 2.75) is 6.04 Å². The van der Waals surface area contributed by atoms with E-state index in [-0.39, 0.29) is 6.04 Å². The fourth-order valence-corrected chi connectivity index (χ4v) is 1.88. The van der Waals surface area contributed by atoms with E-state index >= 15 is 0 Å². The van der Waals surface area contributed by atoms with Crippen molar-refractivity contribution in [3.63, 3.8) is 0 Å². The van der Waals surface area contributed by atoms with Gasteiger partial charge in [-0.15, -0.1) is 0 Å². The van der Waals surface area contributed by atoms with Crippen molar-refractivity contribution in [2.24, 2.45) is 7.05 Å². The van der Waals surface area contributed by atoms with E-state index in [0.717, 1.165) is 17.1 Å². The molecule has 0 saturated heterocycles. The van der Waals surface area contributed by atoms with Crippen LogP contribution in [-0.4, -0.2) is 28.7 Å². The van der Waals surface area contributed by atoms with Crippen LogP contribution in [0.3, 0.4) is 0 Å². The van der Waals surface area contributed by atoms with Crippen LogP contribution in [0.25, 0.3) is 0 Å². The zero-order chi connectivity index (χ0) is 12.3. The van der Waals surface area contributed by atoms with Gasteiger partial charge in [-0.05, 0) is 13.1 Å². The number of pyridine rings is 1. The predicted molar refractivity (Wildman–Crippen MR) is 64.9 cm³/mol. The second-order valence-corrected chi connectivity index (χ2v) is 3.74. The predicted octanol–water partition coefficient (Wildman–Crippen LogP) is 1.13. The zero-order valence-corrected chi connectivity index (χ0v) is 10.2. The van der Waals surface area contributed by atoms with Gasteiger partial charge in [-0.2, -0.15) is 0 Å². The summed E-state index contributed by atoms with van der Waals surface area (Å²) >= 11 is 0. The number of hydrogen-bond acceptors (Lipinski definition) is 4. The van der Waals surface area contributed by atoms with E-state index in [1.165, 1.54) is 0 Å². The van der Waals surface area contributed by atoms with E-state index in [1.54, 1.807) is 25.7 Å². The Bertz CT molecular complexity index is 495. The van der Waals surface area contributed by atoms with Crippen LogP contribution in [0, 0.1) is 0 Å². The topological polar surface area (TPSA) is 52.0 Å². The average Bonchev–Trinajstić information content (AvgIpc) is 2.78. The summed E-state index contributed by atoms with van der Waals surface area (Å²) in [4.78, 5) is 8.42. The number of imidazole rings is 1. The number of aryl methyl sites for hydroxylation is 1. The van der Waals surface area contributed by atoms with E-state index in [1.807, 2.05) is 30.9 Å². The monoisotopic (exact) mass is 232 g/mol. The molecule has 90 valence electrons. The largest absolute Gasteiger partial charge is 0.495 e. The first-order chi connectivity index (χ1) is 8.27. The Hall–Kier alpha value is -1.88. The molecule has 2 heterocycles. The van der Waals surface area contributed by atoms with Crippen molar-refractivity contribution in [1.82, 2.24) is 19.9 Å². The molecule has 0 aliphatic rings. The highest BCUT2D eigenvalue weighted by Gasteiger charge is 2.19. The van der Waals surface area contributed by atoms with Gasteiger partial charge in [-0.25, -0.2) is 4.98 Å². The van der Waals surface area contributed by atoms with Crippen LogP contribution in [0.4, 0.5) is 0 Å². The van der Waals surface area contributed by atoms with Gasteiger partial charge in [-0.1, -0.05) is 0 Å². The van der Waals surface area contributed by atoms with E-state index in [4.69, 9.17) is 4.74 Å². The van der Waals surface area contributed by atoms with Crippen molar-refractivity contribution in [3.8, 4) is 5.75 Å². The number of nitrogens with zero attached hydrogens (tertiary/aromatic N) is 3. The molecule has 0 fully saturated rings. The number of nitrogens with one attached hydrogen (secondary N) is 1. The van der Waals surface area contributed by atoms with Gasteiger partial charge in [0.05, 0.1) is 19.3 Å². The minimum Gasteiger partial charge on any atom is -0.495 e. The summed E-state index contributed by atoms with van der Waals surface area (Å²) in [6.07, 6.45) is 7.18. The summed E-state index contributed by atoms with van der Waals surface area (Å²) in [7, 11) is 5.52. The van der Waals surface area contributed by atoms with Gasteiger partial charge in [0.25, 0.3) is 0 Å². The molecule has 0 radical (unpaired) electrons. The van der Waals surface area contributed by atoms with Crippen LogP contribution in [0.15, 0.2) is 30.9 Å². The lowest BCUT2D eigenvalue weighted by molar-refractivity contribution is 0.402. The average molecular weight is 232 g/mol. The van der Waals surface area contributed by atoms with Gasteiger partial charge in [-0.3, -0.25) is 4.98 Å². The van der Waals surface area contributed by atoms with Crippen molar-refractivity contribution in [3.05, 3.63) is 42.2 Å². The fourth-order valence-electron chi connectivity index (χ4n) is 1.88. The smallest absolute Gasteiger partial charge is 0.142 e. The van der Waals surface area contributed by atoms with Gasteiger partial charge < -0.3 is 14.6 Å². The van der Waals surface area contributed by atoms with E-state index in [0.29, 0.717) is 0 Å². The van der Waals surface area contributed by atoms with Gasteiger partial charge in [0.1, 0.15) is 11.6 Å². The minimum absolute atomic E-state index is 0.00653. The number of methoxy groups -OCH3 is 1. The van der Waals surface area contributed by atoms with Crippen LogP contribution in [0.5, 0.6) is 5.75 Å². The molecule has 2 rings (SSSR count). The number of rotatable bonds is 4. The summed E-state index contributed by atoms with van der Waals surface area (Å²) in [5.74, 6) is 1.70. The molecular formula is C12H16N4O. The molecule has 0 spiro atoms. The van der Waals surface area contributed by atoms with Crippen molar-refractivity contribution < 1.29 is 4.74 Å². The van der Waals surface area contributed by atoms with Crippen molar-refractivity contribution in [2.75, 3.05) is 14.2 Å². The molecule has 1 atom stereocenters. The van der Waals surface area contributed by atoms with Crippen molar-refractivity contribution >= 4 is 0 Å². The van der Waals surface area contributed by atoms with Crippen molar-refractivity contribution in [1.29, 1.82) is 0 Å². The molecule has 2 aromatic rings. The molecule has 17 heavy (non-hydrogen) atoms. The highest BCUT2D eigenvalue weighted by molar-refractivity contribution is 5.36. The Kier molecular flexibility index (Phi) is 3.39.